The molecule has 0 saturated carbocycles. The van der Waals surface area contributed by atoms with Gasteiger partial charge >= 0.3 is 0 Å². The maximum atomic E-state index is 12.2. The topological polar surface area (TPSA) is 73.6 Å². The van der Waals surface area contributed by atoms with Gasteiger partial charge in [0.05, 0.1) is 11.1 Å². The molecule has 0 aromatic heterocycles. The van der Waals surface area contributed by atoms with Crippen LogP contribution < -0.4 is 20.5 Å². The summed E-state index contributed by atoms with van der Waals surface area (Å²) >= 11 is 6.19. The van der Waals surface area contributed by atoms with Gasteiger partial charge in [0.25, 0.3) is 0 Å². The summed E-state index contributed by atoms with van der Waals surface area (Å²) in [5.74, 6) is 0.954. The lowest BCUT2D eigenvalue weighted by Crippen LogP contribution is -2.41. The van der Waals surface area contributed by atoms with Crippen LogP contribution in [0.25, 0.3) is 0 Å². The molecule has 0 unspecified atom stereocenters. The van der Waals surface area contributed by atoms with E-state index in [-0.39, 0.29) is 18.3 Å². The van der Waals surface area contributed by atoms with Gasteiger partial charge in [-0.3, -0.25) is 4.79 Å². The van der Waals surface area contributed by atoms with Gasteiger partial charge < -0.3 is 20.5 Å². The molecule has 1 aliphatic heterocycles. The fourth-order valence-corrected chi connectivity index (χ4v) is 2.84. The van der Waals surface area contributed by atoms with Crippen LogP contribution in [0.5, 0.6) is 11.5 Å². The van der Waals surface area contributed by atoms with Crippen LogP contribution in [0.2, 0.25) is 5.02 Å². The number of nitrogens with two attached hydrogens (primary N) is 1. The quantitative estimate of drug-likeness (QED) is 0.833. The Balaban J connectivity index is 0.00000225. The maximum absolute atomic E-state index is 12.2. The highest BCUT2D eigenvalue weighted by Gasteiger charge is 2.18. The van der Waals surface area contributed by atoms with Crippen LogP contribution in [0, 0.1) is 0 Å². The molecule has 1 heterocycles. The van der Waals surface area contributed by atoms with Crippen molar-refractivity contribution < 1.29 is 14.3 Å². The summed E-state index contributed by atoms with van der Waals surface area (Å²) in [6, 6.07) is 12.7. The second-order valence-electron chi connectivity index (χ2n) is 5.62. The Morgan fingerprint density at radius 2 is 1.88 bits per heavy atom. The second-order valence-corrected chi connectivity index (χ2v) is 6.02. The van der Waals surface area contributed by atoms with E-state index in [9.17, 15) is 4.79 Å². The highest BCUT2D eigenvalue weighted by Crippen LogP contribution is 2.38. The molecule has 2 aromatic carbocycles. The van der Waals surface area contributed by atoms with Gasteiger partial charge in [-0.1, -0.05) is 41.9 Å². The molecule has 3 N–H and O–H groups in total. The molecule has 1 aliphatic rings. The summed E-state index contributed by atoms with van der Waals surface area (Å²) in [5, 5.41) is 3.31. The number of carbonyl (C=O) groups excluding carboxylic acids is 1. The van der Waals surface area contributed by atoms with Gasteiger partial charge in [-0.25, -0.2) is 0 Å². The number of nitrogens with one attached hydrogen (secondary N) is 1. The molecule has 1 amide bonds. The van der Waals surface area contributed by atoms with Gasteiger partial charge in [-0.15, -0.1) is 12.4 Å². The first-order valence-corrected chi connectivity index (χ1v) is 8.16. The first-order valence-electron chi connectivity index (χ1n) is 7.79. The highest BCUT2D eigenvalue weighted by molar-refractivity contribution is 6.32. The van der Waals surface area contributed by atoms with Crippen molar-refractivity contribution in [2.75, 3.05) is 13.2 Å². The predicted octanol–water partition coefficient (Wildman–Crippen LogP) is 2.72. The molecule has 5 nitrogen and oxygen atoms in total. The van der Waals surface area contributed by atoms with Gasteiger partial charge in [0.15, 0.2) is 11.5 Å². The molecular weight excluding hydrogens is 363 g/mol. The van der Waals surface area contributed by atoms with Gasteiger partial charge in [-0.05, 0) is 29.7 Å². The standard InChI is InChI=1S/C18H19ClN2O3.ClH/c19-14-8-13(10-16-17(14)24-7-6-23-16)11-21-18(22)15(20)9-12-4-2-1-3-5-12;/h1-5,8,10,15H,6-7,9,11,20H2,(H,21,22);1H/t15-;/m0./s1. The number of ether oxygens (including phenoxy) is 2. The van der Waals surface area contributed by atoms with Gasteiger partial charge in [0.2, 0.25) is 5.91 Å². The Kier molecular flexibility index (Phi) is 6.93. The van der Waals surface area contributed by atoms with Crippen molar-refractivity contribution in [1.29, 1.82) is 0 Å². The van der Waals surface area contributed by atoms with E-state index in [1.807, 2.05) is 36.4 Å². The Bertz CT molecular complexity index is 726. The fourth-order valence-electron chi connectivity index (χ4n) is 2.55. The van der Waals surface area contributed by atoms with Crippen molar-refractivity contribution in [3.8, 4) is 11.5 Å². The van der Waals surface area contributed by atoms with Crippen molar-refractivity contribution in [2.45, 2.75) is 19.0 Å². The second kappa shape index (κ2) is 8.94. The van der Waals surface area contributed by atoms with Crippen molar-refractivity contribution in [3.63, 3.8) is 0 Å². The summed E-state index contributed by atoms with van der Waals surface area (Å²) < 4.78 is 11.0. The summed E-state index contributed by atoms with van der Waals surface area (Å²) in [7, 11) is 0. The Labute approximate surface area is 157 Å². The van der Waals surface area contributed by atoms with Crippen LogP contribution in [0.4, 0.5) is 0 Å². The summed E-state index contributed by atoms with van der Waals surface area (Å²) in [6.07, 6.45) is 0.495. The first kappa shape index (κ1) is 19.4. The molecule has 1 atom stereocenters. The number of rotatable bonds is 5. The molecular formula is C18H20Cl2N2O3. The molecule has 2 aromatic rings. The van der Waals surface area contributed by atoms with E-state index in [1.54, 1.807) is 6.07 Å². The maximum Gasteiger partial charge on any atom is 0.237 e. The number of hydrogen-bond donors (Lipinski definition) is 2. The number of carbonyl (C=O) groups is 1. The van der Waals surface area contributed by atoms with E-state index in [1.165, 1.54) is 0 Å². The van der Waals surface area contributed by atoms with E-state index in [2.05, 4.69) is 5.32 Å². The van der Waals surface area contributed by atoms with Gasteiger partial charge in [0, 0.05) is 6.54 Å². The predicted molar refractivity (Wildman–Crippen MR) is 99.7 cm³/mol. The minimum atomic E-state index is -0.597. The van der Waals surface area contributed by atoms with Crippen LogP contribution >= 0.6 is 24.0 Å². The fraction of sp³-hybridized carbons (Fsp3) is 0.278. The average molecular weight is 383 g/mol. The zero-order chi connectivity index (χ0) is 16.9. The van der Waals surface area contributed by atoms with Gasteiger partial charge in [0.1, 0.15) is 13.2 Å². The SMILES string of the molecule is Cl.N[C@@H](Cc1ccccc1)C(=O)NCc1cc(Cl)c2c(c1)OCCO2. The van der Waals surface area contributed by atoms with Crippen LogP contribution in [0.15, 0.2) is 42.5 Å². The minimum Gasteiger partial charge on any atom is -0.486 e. The first-order chi connectivity index (χ1) is 11.6. The molecule has 25 heavy (non-hydrogen) atoms. The smallest absolute Gasteiger partial charge is 0.237 e. The molecule has 0 radical (unpaired) electrons. The normalized spacial score (nSPS) is 13.5. The third-order valence-electron chi connectivity index (χ3n) is 3.76. The number of benzene rings is 2. The lowest BCUT2D eigenvalue weighted by Gasteiger charge is -2.20. The molecule has 134 valence electrons. The minimum absolute atomic E-state index is 0. The van der Waals surface area contributed by atoms with E-state index < -0.39 is 6.04 Å². The summed E-state index contributed by atoms with van der Waals surface area (Å²) in [6.45, 7) is 1.30. The summed E-state index contributed by atoms with van der Waals surface area (Å²) in [4.78, 5) is 12.2. The zero-order valence-corrected chi connectivity index (χ0v) is 15.1. The van der Waals surface area contributed by atoms with Crippen LogP contribution in [0.3, 0.4) is 0 Å². The highest BCUT2D eigenvalue weighted by atomic mass is 35.5. The van der Waals surface area contributed by atoms with Crippen LogP contribution in [0.1, 0.15) is 11.1 Å². The molecule has 3 rings (SSSR count). The zero-order valence-electron chi connectivity index (χ0n) is 13.5. The molecule has 7 heteroatoms. The third-order valence-corrected chi connectivity index (χ3v) is 4.04. The molecule has 0 spiro atoms. The monoisotopic (exact) mass is 382 g/mol. The Morgan fingerprint density at radius 1 is 1.16 bits per heavy atom. The number of amides is 1. The van der Waals surface area contributed by atoms with Crippen molar-refractivity contribution in [1.82, 2.24) is 5.32 Å². The Hall–Kier alpha value is -1.95. The van der Waals surface area contributed by atoms with E-state index >= 15 is 0 Å². The number of halogens is 2. The van der Waals surface area contributed by atoms with Crippen molar-refractivity contribution in [2.24, 2.45) is 5.73 Å². The van der Waals surface area contributed by atoms with Crippen LogP contribution in [-0.2, 0) is 17.8 Å². The molecule has 0 fully saturated rings. The van der Waals surface area contributed by atoms with E-state index in [0.717, 1.165) is 11.1 Å². The van der Waals surface area contributed by atoms with Crippen LogP contribution in [-0.4, -0.2) is 25.2 Å². The molecule has 0 bridgehead atoms. The lowest BCUT2D eigenvalue weighted by molar-refractivity contribution is -0.122. The summed E-state index contributed by atoms with van der Waals surface area (Å²) in [5.41, 5.74) is 7.84. The van der Waals surface area contributed by atoms with Crippen molar-refractivity contribution >= 4 is 29.9 Å². The lowest BCUT2D eigenvalue weighted by atomic mass is 10.1. The number of hydrogen-bond acceptors (Lipinski definition) is 4. The largest absolute Gasteiger partial charge is 0.486 e. The average Bonchev–Trinajstić information content (AvgIpc) is 2.60. The third kappa shape index (κ3) is 5.01. The Morgan fingerprint density at radius 3 is 2.64 bits per heavy atom. The molecule has 0 saturated heterocycles. The van der Waals surface area contributed by atoms with E-state index in [0.29, 0.717) is 42.7 Å². The van der Waals surface area contributed by atoms with Gasteiger partial charge in [-0.2, -0.15) is 0 Å². The van der Waals surface area contributed by atoms with Crippen molar-refractivity contribution in [3.05, 3.63) is 58.6 Å². The number of fused-ring (bicyclic) bond motifs is 1. The molecule has 0 aliphatic carbocycles. The van der Waals surface area contributed by atoms with E-state index in [4.69, 9.17) is 26.8 Å².